The van der Waals surface area contributed by atoms with Crippen molar-refractivity contribution < 1.29 is 14.3 Å². The number of hydrogen-bond donors (Lipinski definition) is 1. The van der Waals surface area contributed by atoms with E-state index in [-0.39, 0.29) is 11.6 Å². The molecule has 0 aromatic rings. The average Bonchev–Trinajstić information content (AvgIpc) is 2.38. The van der Waals surface area contributed by atoms with Gasteiger partial charge in [0.25, 0.3) is 0 Å². The summed E-state index contributed by atoms with van der Waals surface area (Å²) in [7, 11) is 0. The van der Waals surface area contributed by atoms with Gasteiger partial charge in [0.15, 0.2) is 6.10 Å². The summed E-state index contributed by atoms with van der Waals surface area (Å²) in [6.07, 6.45) is 5.40. The summed E-state index contributed by atoms with van der Waals surface area (Å²) in [6, 6.07) is 0. The average molecular weight is 271 g/mol. The first-order valence-electron chi connectivity index (χ1n) is 7.61. The Balaban J connectivity index is 2.71. The predicted molar refractivity (Wildman–Crippen MR) is 75.8 cm³/mol. The molecule has 19 heavy (non-hydrogen) atoms. The summed E-state index contributed by atoms with van der Waals surface area (Å²) >= 11 is 0. The van der Waals surface area contributed by atoms with Gasteiger partial charge in [-0.15, -0.1) is 0 Å². The number of ether oxygens (including phenoxy) is 2. The lowest BCUT2D eigenvalue weighted by molar-refractivity contribution is -0.176. The number of rotatable bonds is 7. The van der Waals surface area contributed by atoms with Gasteiger partial charge in [0.2, 0.25) is 0 Å². The minimum Gasteiger partial charge on any atom is -0.464 e. The largest absolute Gasteiger partial charge is 0.464 e. The van der Waals surface area contributed by atoms with Crippen molar-refractivity contribution in [2.45, 2.75) is 71.0 Å². The van der Waals surface area contributed by atoms with Crippen LogP contribution >= 0.6 is 0 Å². The highest BCUT2D eigenvalue weighted by Gasteiger charge is 2.38. The minimum absolute atomic E-state index is 0.240. The summed E-state index contributed by atoms with van der Waals surface area (Å²) in [5.41, 5.74) is 5.61. The van der Waals surface area contributed by atoms with Crippen molar-refractivity contribution in [1.29, 1.82) is 0 Å². The molecule has 0 spiro atoms. The topological polar surface area (TPSA) is 61.5 Å². The van der Waals surface area contributed by atoms with E-state index in [0.717, 1.165) is 25.7 Å². The number of carbonyl (C=O) groups is 1. The molecular formula is C15H29NO3. The van der Waals surface area contributed by atoms with Gasteiger partial charge in [0, 0.05) is 6.54 Å². The van der Waals surface area contributed by atoms with Crippen LogP contribution in [0.1, 0.15) is 59.3 Å². The third-order valence-corrected chi connectivity index (χ3v) is 3.91. The maximum atomic E-state index is 12.0. The summed E-state index contributed by atoms with van der Waals surface area (Å²) in [4.78, 5) is 12.0. The van der Waals surface area contributed by atoms with Crippen molar-refractivity contribution in [3.8, 4) is 0 Å². The van der Waals surface area contributed by atoms with Crippen molar-refractivity contribution in [2.75, 3.05) is 13.2 Å². The maximum absolute atomic E-state index is 12.0. The van der Waals surface area contributed by atoms with Gasteiger partial charge in [-0.2, -0.15) is 0 Å². The fraction of sp³-hybridized carbons (Fsp3) is 0.933. The molecule has 1 saturated carbocycles. The molecule has 0 saturated heterocycles. The third-order valence-electron chi connectivity index (χ3n) is 3.91. The molecule has 112 valence electrons. The van der Waals surface area contributed by atoms with E-state index in [4.69, 9.17) is 15.2 Å². The molecule has 1 aliphatic rings. The molecule has 3 atom stereocenters. The number of nitrogens with two attached hydrogens (primary N) is 1. The third kappa shape index (κ3) is 4.77. The Hall–Kier alpha value is -0.610. The molecule has 0 aromatic heterocycles. The highest BCUT2D eigenvalue weighted by atomic mass is 16.6. The Morgan fingerprint density at radius 1 is 1.47 bits per heavy atom. The van der Waals surface area contributed by atoms with E-state index in [1.165, 1.54) is 6.42 Å². The van der Waals surface area contributed by atoms with Crippen LogP contribution in [0.15, 0.2) is 0 Å². The zero-order valence-electron chi connectivity index (χ0n) is 12.6. The molecule has 2 N–H and O–H groups in total. The van der Waals surface area contributed by atoms with E-state index < -0.39 is 6.10 Å². The number of carbonyl (C=O) groups excluding carboxylic acids is 1. The lowest BCUT2D eigenvalue weighted by Crippen LogP contribution is -2.48. The van der Waals surface area contributed by atoms with Crippen LogP contribution in [0.25, 0.3) is 0 Å². The van der Waals surface area contributed by atoms with Gasteiger partial charge in [-0.1, -0.05) is 33.1 Å². The second kappa shape index (κ2) is 7.85. The molecule has 0 heterocycles. The molecule has 0 aromatic carbocycles. The predicted octanol–water partition coefficient (Wildman–Crippen LogP) is 2.64. The van der Waals surface area contributed by atoms with E-state index in [1.807, 2.05) is 13.8 Å². The Morgan fingerprint density at radius 2 is 2.21 bits per heavy atom. The smallest absolute Gasteiger partial charge is 0.335 e. The van der Waals surface area contributed by atoms with Gasteiger partial charge < -0.3 is 15.2 Å². The Kier molecular flexibility index (Phi) is 6.80. The normalized spacial score (nSPS) is 28.9. The molecule has 1 aliphatic carbocycles. The van der Waals surface area contributed by atoms with Crippen molar-refractivity contribution in [3.05, 3.63) is 0 Å². The first-order chi connectivity index (χ1) is 9.06. The van der Waals surface area contributed by atoms with Gasteiger partial charge >= 0.3 is 5.97 Å². The van der Waals surface area contributed by atoms with Crippen LogP contribution in [0.4, 0.5) is 0 Å². The molecule has 0 bridgehead atoms. The monoisotopic (exact) mass is 271 g/mol. The first kappa shape index (κ1) is 16.4. The van der Waals surface area contributed by atoms with Gasteiger partial charge in [0.1, 0.15) is 0 Å². The molecule has 1 rings (SSSR count). The van der Waals surface area contributed by atoms with E-state index >= 15 is 0 Å². The van der Waals surface area contributed by atoms with Crippen LogP contribution < -0.4 is 5.73 Å². The second-order valence-electron chi connectivity index (χ2n) is 5.74. The highest BCUT2D eigenvalue weighted by Crippen LogP contribution is 2.36. The van der Waals surface area contributed by atoms with Crippen molar-refractivity contribution in [2.24, 2.45) is 11.7 Å². The quantitative estimate of drug-likeness (QED) is 0.723. The Morgan fingerprint density at radius 3 is 2.74 bits per heavy atom. The number of hydrogen-bond acceptors (Lipinski definition) is 4. The van der Waals surface area contributed by atoms with Crippen molar-refractivity contribution in [1.82, 2.24) is 0 Å². The van der Waals surface area contributed by atoms with Crippen LogP contribution in [-0.2, 0) is 14.3 Å². The van der Waals surface area contributed by atoms with Gasteiger partial charge in [-0.3, -0.25) is 0 Å². The molecule has 3 unspecified atom stereocenters. The van der Waals surface area contributed by atoms with E-state index in [0.29, 0.717) is 25.5 Å². The standard InChI is InChI=1S/C15H29NO3/c1-4-7-13(14(17)18-5-2)19-15(11-16)9-6-8-12(3)10-15/h12-13H,4-11,16H2,1-3H3. The van der Waals surface area contributed by atoms with Gasteiger partial charge in [-0.25, -0.2) is 4.79 Å². The molecular weight excluding hydrogens is 242 g/mol. The minimum atomic E-state index is -0.459. The highest BCUT2D eigenvalue weighted by molar-refractivity contribution is 5.74. The lowest BCUT2D eigenvalue weighted by atomic mass is 9.78. The fourth-order valence-corrected chi connectivity index (χ4v) is 2.98. The van der Waals surface area contributed by atoms with E-state index in [1.54, 1.807) is 0 Å². The van der Waals surface area contributed by atoms with Crippen LogP contribution in [0, 0.1) is 5.92 Å². The Labute approximate surface area is 117 Å². The van der Waals surface area contributed by atoms with Crippen molar-refractivity contribution >= 4 is 5.97 Å². The lowest BCUT2D eigenvalue weighted by Gasteiger charge is -2.41. The second-order valence-corrected chi connectivity index (χ2v) is 5.74. The molecule has 0 aliphatic heterocycles. The zero-order valence-corrected chi connectivity index (χ0v) is 12.6. The zero-order chi connectivity index (χ0) is 14.3. The SMILES string of the molecule is CCCC(OC1(CN)CCCC(C)C1)C(=O)OCC. The molecule has 4 nitrogen and oxygen atoms in total. The van der Waals surface area contributed by atoms with Crippen LogP contribution in [0.2, 0.25) is 0 Å². The van der Waals surface area contributed by atoms with Crippen LogP contribution in [0.3, 0.4) is 0 Å². The Bertz CT molecular complexity index is 283. The maximum Gasteiger partial charge on any atom is 0.335 e. The van der Waals surface area contributed by atoms with E-state index in [9.17, 15) is 4.79 Å². The molecule has 4 heteroatoms. The van der Waals surface area contributed by atoms with E-state index in [2.05, 4.69) is 6.92 Å². The van der Waals surface area contributed by atoms with Crippen molar-refractivity contribution in [3.63, 3.8) is 0 Å². The summed E-state index contributed by atoms with van der Waals surface area (Å²) in [5, 5.41) is 0. The summed E-state index contributed by atoms with van der Waals surface area (Å²) in [5.74, 6) is 0.372. The fourth-order valence-electron chi connectivity index (χ4n) is 2.98. The summed E-state index contributed by atoms with van der Waals surface area (Å²) in [6.45, 7) is 6.98. The van der Waals surface area contributed by atoms with Gasteiger partial charge in [0.05, 0.1) is 12.2 Å². The van der Waals surface area contributed by atoms with Gasteiger partial charge in [-0.05, 0) is 32.1 Å². The first-order valence-corrected chi connectivity index (χ1v) is 7.61. The molecule has 0 radical (unpaired) electrons. The van der Waals surface area contributed by atoms with Crippen LogP contribution in [-0.4, -0.2) is 30.8 Å². The summed E-state index contributed by atoms with van der Waals surface area (Å²) < 4.78 is 11.3. The molecule has 0 amide bonds. The molecule has 1 fully saturated rings. The van der Waals surface area contributed by atoms with Crippen LogP contribution in [0.5, 0.6) is 0 Å². The number of esters is 1.